The van der Waals surface area contributed by atoms with Gasteiger partial charge in [0.2, 0.25) is 0 Å². The van der Waals surface area contributed by atoms with Crippen LogP contribution in [-0.2, 0) is 19.7 Å². The zero-order valence-corrected chi connectivity index (χ0v) is 16.4. The van der Waals surface area contributed by atoms with Crippen LogP contribution in [0.25, 0.3) is 0 Å². The zero-order chi connectivity index (χ0) is 16.4. The quantitative estimate of drug-likeness (QED) is 0.486. The first-order valence-electron chi connectivity index (χ1n) is 6.51. The molecule has 2 atom stereocenters. The van der Waals surface area contributed by atoms with E-state index in [4.69, 9.17) is 24.4 Å². The molecule has 126 valence electrons. The first-order chi connectivity index (χ1) is 10.2. The van der Waals surface area contributed by atoms with Crippen molar-refractivity contribution in [3.63, 3.8) is 0 Å². The number of sulfone groups is 2. The van der Waals surface area contributed by atoms with E-state index >= 15 is 0 Å². The third-order valence-electron chi connectivity index (χ3n) is 3.30. The van der Waals surface area contributed by atoms with Gasteiger partial charge in [-0.2, -0.15) is 0 Å². The van der Waals surface area contributed by atoms with Gasteiger partial charge in [0.25, 0.3) is 0 Å². The summed E-state index contributed by atoms with van der Waals surface area (Å²) in [5.74, 6) is 0.615. The predicted octanol–water partition coefficient (Wildman–Crippen LogP) is 0.491. The molecule has 2 heterocycles. The second kappa shape index (κ2) is 7.51. The number of nitrogens with one attached hydrogen (secondary N) is 2. The minimum absolute atomic E-state index is 0.112. The lowest BCUT2D eigenvalue weighted by Crippen LogP contribution is -2.34. The largest absolute Gasteiger partial charge is 0.367 e. The number of rotatable bonds is 2. The second-order valence-corrected chi connectivity index (χ2v) is 13.2. The summed E-state index contributed by atoms with van der Waals surface area (Å²) >= 11 is 10.3. The highest BCUT2D eigenvalue weighted by atomic mass is 33.1. The van der Waals surface area contributed by atoms with Gasteiger partial charge in [-0.25, -0.2) is 16.8 Å². The number of thiocarbonyl (C=S) groups is 2. The Morgan fingerprint density at radius 3 is 1.45 bits per heavy atom. The molecule has 22 heavy (non-hydrogen) atoms. The highest BCUT2D eigenvalue weighted by Crippen LogP contribution is 2.25. The first kappa shape index (κ1) is 18.7. The van der Waals surface area contributed by atoms with Crippen LogP contribution in [0.2, 0.25) is 0 Å². The van der Waals surface area contributed by atoms with Gasteiger partial charge in [-0.1, -0.05) is 24.4 Å². The third kappa shape index (κ3) is 6.11. The molecule has 0 saturated carbocycles. The summed E-state index contributed by atoms with van der Waals surface area (Å²) in [6.07, 6.45) is 1.13. The molecule has 0 aromatic heterocycles. The van der Waals surface area contributed by atoms with Gasteiger partial charge in [0, 0.05) is 12.1 Å². The Balaban J connectivity index is 1.67. The summed E-state index contributed by atoms with van der Waals surface area (Å²) in [6.45, 7) is 0. The molecule has 2 aliphatic heterocycles. The molecule has 2 fully saturated rings. The van der Waals surface area contributed by atoms with E-state index in [2.05, 4.69) is 10.6 Å². The van der Waals surface area contributed by atoms with E-state index < -0.39 is 19.7 Å². The van der Waals surface area contributed by atoms with Crippen LogP contribution in [0.15, 0.2) is 0 Å². The summed E-state index contributed by atoms with van der Waals surface area (Å²) in [4.78, 5) is 0. The third-order valence-corrected chi connectivity index (χ3v) is 10.1. The normalized spacial score (nSPS) is 29.1. The van der Waals surface area contributed by atoms with Gasteiger partial charge in [0.1, 0.15) is 8.64 Å². The van der Waals surface area contributed by atoms with Crippen molar-refractivity contribution in [3.05, 3.63) is 0 Å². The highest BCUT2D eigenvalue weighted by Gasteiger charge is 2.29. The van der Waals surface area contributed by atoms with Crippen LogP contribution in [0, 0.1) is 0 Å². The molecule has 6 nitrogen and oxygen atoms in total. The van der Waals surface area contributed by atoms with Gasteiger partial charge in [-0.3, -0.25) is 0 Å². The Hall–Kier alpha value is 0.380. The lowest BCUT2D eigenvalue weighted by Gasteiger charge is -2.14. The van der Waals surface area contributed by atoms with E-state index in [1.54, 1.807) is 0 Å². The van der Waals surface area contributed by atoms with Crippen LogP contribution in [0.4, 0.5) is 0 Å². The van der Waals surface area contributed by atoms with E-state index in [0.29, 0.717) is 21.5 Å². The Kier molecular flexibility index (Phi) is 6.39. The van der Waals surface area contributed by atoms with E-state index in [-0.39, 0.29) is 35.1 Å². The van der Waals surface area contributed by atoms with Crippen molar-refractivity contribution in [3.8, 4) is 0 Å². The molecule has 0 unspecified atom stereocenters. The van der Waals surface area contributed by atoms with Crippen molar-refractivity contribution < 1.29 is 16.8 Å². The van der Waals surface area contributed by atoms with E-state index in [1.165, 1.54) is 21.6 Å². The monoisotopic (exact) mass is 420 g/mol. The standard InChI is InChI=1S/C10H16N2O4S6/c13-21(14)3-1-7(5-21)11-9(17)19-20-10(18)12-8-2-4-22(15,16)6-8/h7-8H,1-6H2,(H,11,17)(H,12,18)/t7-,8-/m1/s1. The Labute approximate surface area is 149 Å². The van der Waals surface area contributed by atoms with E-state index in [0.717, 1.165) is 0 Å². The summed E-state index contributed by atoms with van der Waals surface area (Å²) in [7, 11) is -3.38. The van der Waals surface area contributed by atoms with Crippen molar-refractivity contribution in [2.24, 2.45) is 0 Å². The molecule has 2 N–H and O–H groups in total. The summed E-state index contributed by atoms with van der Waals surface area (Å²) < 4.78 is 46.4. The van der Waals surface area contributed by atoms with Gasteiger partial charge in [0.15, 0.2) is 19.7 Å². The maximum absolute atomic E-state index is 11.4. The van der Waals surface area contributed by atoms with E-state index in [1.807, 2.05) is 0 Å². The lowest BCUT2D eigenvalue weighted by molar-refractivity contribution is 0.598. The van der Waals surface area contributed by atoms with Crippen LogP contribution in [0.5, 0.6) is 0 Å². The number of hydrogen-bond donors (Lipinski definition) is 2. The molecule has 2 saturated heterocycles. The van der Waals surface area contributed by atoms with Crippen LogP contribution >= 0.6 is 46.0 Å². The molecule has 0 aromatic carbocycles. The molecule has 0 aromatic rings. The van der Waals surface area contributed by atoms with Gasteiger partial charge >= 0.3 is 0 Å². The zero-order valence-electron chi connectivity index (χ0n) is 11.5. The molecule has 0 spiro atoms. The van der Waals surface area contributed by atoms with Crippen LogP contribution in [0.1, 0.15) is 12.8 Å². The van der Waals surface area contributed by atoms with Gasteiger partial charge in [-0.15, -0.1) is 0 Å². The fourth-order valence-corrected chi connectivity index (χ4v) is 7.89. The van der Waals surface area contributed by atoms with Gasteiger partial charge in [0.05, 0.1) is 23.0 Å². The maximum Gasteiger partial charge on any atom is 0.152 e. The van der Waals surface area contributed by atoms with Crippen molar-refractivity contribution in [2.45, 2.75) is 24.9 Å². The topological polar surface area (TPSA) is 92.3 Å². The molecule has 2 aliphatic rings. The molecule has 12 heteroatoms. The summed E-state index contributed by atoms with van der Waals surface area (Å²) in [6, 6.07) is -0.265. The van der Waals surface area contributed by atoms with Crippen LogP contribution < -0.4 is 10.6 Å². The molecule has 0 bridgehead atoms. The molecule has 0 radical (unpaired) electrons. The van der Waals surface area contributed by atoms with Crippen molar-refractivity contribution in [1.29, 1.82) is 0 Å². The Morgan fingerprint density at radius 2 is 1.18 bits per heavy atom. The average molecular weight is 421 g/mol. The number of hydrogen-bond acceptors (Lipinski definition) is 8. The predicted molar refractivity (Wildman–Crippen MR) is 101 cm³/mol. The summed E-state index contributed by atoms with van der Waals surface area (Å²) in [5.41, 5.74) is 0. The molecular weight excluding hydrogens is 405 g/mol. The smallest absolute Gasteiger partial charge is 0.152 e. The molecule has 0 aliphatic carbocycles. The molecular formula is C10H16N2O4S6. The minimum atomic E-state index is -2.93. The van der Waals surface area contributed by atoms with E-state index in [9.17, 15) is 16.8 Å². The van der Waals surface area contributed by atoms with Crippen molar-refractivity contribution >= 4 is 74.3 Å². The van der Waals surface area contributed by atoms with Crippen molar-refractivity contribution in [2.75, 3.05) is 23.0 Å². The van der Waals surface area contributed by atoms with Gasteiger partial charge in [-0.05, 0) is 34.4 Å². The fourth-order valence-electron chi connectivity index (χ4n) is 2.27. The fraction of sp³-hybridized carbons (Fsp3) is 0.800. The van der Waals surface area contributed by atoms with Gasteiger partial charge < -0.3 is 10.6 Å². The highest BCUT2D eigenvalue weighted by molar-refractivity contribution is 8.89. The lowest BCUT2D eigenvalue weighted by atomic mass is 10.3. The first-order valence-corrected chi connectivity index (χ1v) is 13.1. The Morgan fingerprint density at radius 1 is 0.818 bits per heavy atom. The molecule has 0 amide bonds. The maximum atomic E-state index is 11.4. The van der Waals surface area contributed by atoms with Crippen molar-refractivity contribution in [1.82, 2.24) is 10.6 Å². The van der Waals surface area contributed by atoms with Crippen LogP contribution in [-0.4, -0.2) is 60.6 Å². The summed E-state index contributed by atoms with van der Waals surface area (Å²) in [5, 5.41) is 6.02. The molecule has 2 rings (SSSR count). The SMILES string of the molecule is O=S1(=O)CC[C@@H](NC(=S)SSC(=S)N[C@@H]2CCS(=O)(=O)C2)C1. The van der Waals surface area contributed by atoms with Crippen LogP contribution in [0.3, 0.4) is 0 Å². The second-order valence-electron chi connectivity index (χ2n) is 5.23. The minimum Gasteiger partial charge on any atom is -0.367 e. The Bertz CT molecular complexity index is 601. The average Bonchev–Trinajstić information content (AvgIpc) is 2.89.